The zero-order chi connectivity index (χ0) is 12.3. The van der Waals surface area contributed by atoms with Crippen LogP contribution in [0.5, 0.6) is 11.5 Å². The minimum Gasteiger partial charge on any atom is -0.497 e. The highest BCUT2D eigenvalue weighted by atomic mass is 16.5. The monoisotopic (exact) mass is 235 g/mol. The second-order valence-corrected chi connectivity index (χ2v) is 4.66. The number of nitrogens with one attached hydrogen (secondary N) is 1. The number of rotatable bonds is 3. The molecule has 1 aromatic carbocycles. The summed E-state index contributed by atoms with van der Waals surface area (Å²) in [7, 11) is 3.39. The SMILES string of the molecule is COc1ccc(C2NCCCC2C)c(OC)c1. The molecule has 3 nitrogen and oxygen atoms in total. The van der Waals surface area contributed by atoms with Gasteiger partial charge in [0.05, 0.1) is 14.2 Å². The molecule has 0 spiro atoms. The third kappa shape index (κ3) is 2.55. The molecule has 0 amide bonds. The van der Waals surface area contributed by atoms with Crippen molar-refractivity contribution in [2.24, 2.45) is 5.92 Å². The smallest absolute Gasteiger partial charge is 0.127 e. The largest absolute Gasteiger partial charge is 0.497 e. The summed E-state index contributed by atoms with van der Waals surface area (Å²) in [6.45, 7) is 3.38. The van der Waals surface area contributed by atoms with E-state index in [0.717, 1.165) is 18.0 Å². The zero-order valence-electron chi connectivity index (χ0n) is 10.8. The molecule has 0 saturated carbocycles. The molecule has 0 bridgehead atoms. The molecule has 1 aliphatic heterocycles. The van der Waals surface area contributed by atoms with E-state index in [4.69, 9.17) is 9.47 Å². The van der Waals surface area contributed by atoms with Gasteiger partial charge < -0.3 is 14.8 Å². The van der Waals surface area contributed by atoms with E-state index in [0.29, 0.717) is 12.0 Å². The van der Waals surface area contributed by atoms with Gasteiger partial charge in [-0.25, -0.2) is 0 Å². The topological polar surface area (TPSA) is 30.5 Å². The normalized spacial score (nSPS) is 24.4. The molecule has 2 atom stereocenters. The molecule has 0 radical (unpaired) electrons. The van der Waals surface area contributed by atoms with Crippen molar-refractivity contribution in [3.63, 3.8) is 0 Å². The Morgan fingerprint density at radius 1 is 1.24 bits per heavy atom. The van der Waals surface area contributed by atoms with Crippen molar-refractivity contribution in [3.8, 4) is 11.5 Å². The fourth-order valence-corrected chi connectivity index (χ4v) is 2.54. The zero-order valence-corrected chi connectivity index (χ0v) is 10.8. The van der Waals surface area contributed by atoms with Crippen molar-refractivity contribution in [1.82, 2.24) is 5.32 Å². The number of hydrogen-bond donors (Lipinski definition) is 1. The van der Waals surface area contributed by atoms with Crippen molar-refractivity contribution >= 4 is 0 Å². The first-order valence-electron chi connectivity index (χ1n) is 6.21. The van der Waals surface area contributed by atoms with Gasteiger partial charge in [0.2, 0.25) is 0 Å². The maximum absolute atomic E-state index is 5.47. The van der Waals surface area contributed by atoms with Crippen LogP contribution in [-0.2, 0) is 0 Å². The van der Waals surface area contributed by atoms with Crippen LogP contribution in [0.25, 0.3) is 0 Å². The maximum Gasteiger partial charge on any atom is 0.127 e. The number of benzene rings is 1. The van der Waals surface area contributed by atoms with E-state index in [1.165, 1.54) is 18.4 Å². The van der Waals surface area contributed by atoms with Crippen molar-refractivity contribution in [2.75, 3.05) is 20.8 Å². The van der Waals surface area contributed by atoms with Gasteiger partial charge in [-0.2, -0.15) is 0 Å². The van der Waals surface area contributed by atoms with Gasteiger partial charge in [0.1, 0.15) is 11.5 Å². The molecule has 2 rings (SSSR count). The lowest BCUT2D eigenvalue weighted by Gasteiger charge is -2.31. The summed E-state index contributed by atoms with van der Waals surface area (Å²) in [5, 5.41) is 3.58. The van der Waals surface area contributed by atoms with Crippen molar-refractivity contribution in [2.45, 2.75) is 25.8 Å². The number of piperidine rings is 1. The van der Waals surface area contributed by atoms with Gasteiger partial charge in [-0.05, 0) is 31.4 Å². The van der Waals surface area contributed by atoms with E-state index >= 15 is 0 Å². The first kappa shape index (κ1) is 12.2. The van der Waals surface area contributed by atoms with Crippen molar-refractivity contribution in [3.05, 3.63) is 23.8 Å². The van der Waals surface area contributed by atoms with Gasteiger partial charge in [0.25, 0.3) is 0 Å². The Hall–Kier alpha value is -1.22. The molecule has 1 saturated heterocycles. The fourth-order valence-electron chi connectivity index (χ4n) is 2.54. The van der Waals surface area contributed by atoms with Crippen LogP contribution in [-0.4, -0.2) is 20.8 Å². The quantitative estimate of drug-likeness (QED) is 0.874. The van der Waals surface area contributed by atoms with Crippen LogP contribution in [0.15, 0.2) is 18.2 Å². The predicted molar refractivity (Wildman–Crippen MR) is 68.7 cm³/mol. The molecular formula is C14H21NO2. The van der Waals surface area contributed by atoms with Gasteiger partial charge in [-0.15, -0.1) is 0 Å². The molecule has 0 aromatic heterocycles. The third-order valence-corrected chi connectivity index (χ3v) is 3.55. The van der Waals surface area contributed by atoms with Crippen LogP contribution in [0.3, 0.4) is 0 Å². The van der Waals surface area contributed by atoms with Crippen LogP contribution in [0.1, 0.15) is 31.4 Å². The van der Waals surface area contributed by atoms with Gasteiger partial charge in [-0.3, -0.25) is 0 Å². The molecule has 94 valence electrons. The predicted octanol–water partition coefficient (Wildman–Crippen LogP) is 2.76. The lowest BCUT2D eigenvalue weighted by Crippen LogP contribution is -2.33. The molecule has 1 N–H and O–H groups in total. The van der Waals surface area contributed by atoms with Crippen LogP contribution in [0.2, 0.25) is 0 Å². The van der Waals surface area contributed by atoms with Gasteiger partial charge in [-0.1, -0.05) is 13.0 Å². The molecule has 1 aromatic rings. The van der Waals surface area contributed by atoms with Gasteiger partial charge in [0.15, 0.2) is 0 Å². The van der Waals surface area contributed by atoms with E-state index < -0.39 is 0 Å². The number of methoxy groups -OCH3 is 2. The highest BCUT2D eigenvalue weighted by molar-refractivity contribution is 5.42. The Balaban J connectivity index is 2.30. The van der Waals surface area contributed by atoms with Crippen LogP contribution in [0.4, 0.5) is 0 Å². The standard InChI is InChI=1S/C14H21NO2/c1-10-5-4-8-15-14(10)12-7-6-11(16-2)9-13(12)17-3/h6-7,9-10,14-15H,4-5,8H2,1-3H3. The van der Waals surface area contributed by atoms with E-state index in [1.807, 2.05) is 12.1 Å². The Bertz CT molecular complexity index is 378. The number of ether oxygens (including phenoxy) is 2. The second kappa shape index (κ2) is 5.41. The third-order valence-electron chi connectivity index (χ3n) is 3.55. The lowest BCUT2D eigenvalue weighted by molar-refractivity contribution is 0.295. The summed E-state index contributed by atoms with van der Waals surface area (Å²) in [5.74, 6) is 2.40. The molecular weight excluding hydrogens is 214 g/mol. The molecule has 17 heavy (non-hydrogen) atoms. The van der Waals surface area contributed by atoms with Crippen LogP contribution < -0.4 is 14.8 Å². The molecule has 1 fully saturated rings. The average molecular weight is 235 g/mol. The Morgan fingerprint density at radius 2 is 2.06 bits per heavy atom. The van der Waals surface area contributed by atoms with E-state index in [2.05, 4.69) is 18.3 Å². The first-order valence-corrected chi connectivity index (χ1v) is 6.21. The Kier molecular flexibility index (Phi) is 3.89. The average Bonchev–Trinajstić information content (AvgIpc) is 2.38. The molecule has 2 unspecified atom stereocenters. The highest BCUT2D eigenvalue weighted by Crippen LogP contribution is 2.36. The van der Waals surface area contributed by atoms with E-state index in [1.54, 1.807) is 14.2 Å². The van der Waals surface area contributed by atoms with Gasteiger partial charge in [0, 0.05) is 17.7 Å². The molecule has 0 aliphatic carbocycles. The summed E-state index contributed by atoms with van der Waals surface area (Å²) in [4.78, 5) is 0. The van der Waals surface area contributed by atoms with Crippen LogP contribution in [0, 0.1) is 5.92 Å². The summed E-state index contributed by atoms with van der Waals surface area (Å²) >= 11 is 0. The fraction of sp³-hybridized carbons (Fsp3) is 0.571. The lowest BCUT2D eigenvalue weighted by atomic mass is 9.87. The molecule has 1 aliphatic rings. The van der Waals surface area contributed by atoms with Gasteiger partial charge >= 0.3 is 0 Å². The minimum atomic E-state index is 0.393. The molecule has 3 heteroatoms. The number of hydrogen-bond acceptors (Lipinski definition) is 3. The highest BCUT2D eigenvalue weighted by Gasteiger charge is 2.25. The summed E-state index contributed by atoms with van der Waals surface area (Å²) < 4.78 is 10.7. The van der Waals surface area contributed by atoms with Crippen LogP contribution >= 0.6 is 0 Å². The summed E-state index contributed by atoms with van der Waals surface area (Å²) in [6, 6.07) is 6.46. The van der Waals surface area contributed by atoms with E-state index in [-0.39, 0.29) is 0 Å². The first-order chi connectivity index (χ1) is 8.26. The minimum absolute atomic E-state index is 0.393. The van der Waals surface area contributed by atoms with E-state index in [9.17, 15) is 0 Å². The second-order valence-electron chi connectivity index (χ2n) is 4.66. The van der Waals surface area contributed by atoms with Crippen molar-refractivity contribution in [1.29, 1.82) is 0 Å². The maximum atomic E-state index is 5.47. The molecule has 1 heterocycles. The summed E-state index contributed by atoms with van der Waals surface area (Å²) in [5.41, 5.74) is 1.24. The Morgan fingerprint density at radius 3 is 2.71 bits per heavy atom. The Labute approximate surface area is 103 Å². The van der Waals surface area contributed by atoms with Crippen molar-refractivity contribution < 1.29 is 9.47 Å². The summed E-state index contributed by atoms with van der Waals surface area (Å²) in [6.07, 6.45) is 2.53.